The highest BCUT2D eigenvalue weighted by molar-refractivity contribution is 6.30. The lowest BCUT2D eigenvalue weighted by Crippen LogP contribution is -2.13. The van der Waals surface area contributed by atoms with Gasteiger partial charge in [0.2, 0.25) is 0 Å². The van der Waals surface area contributed by atoms with Gasteiger partial charge in [-0.3, -0.25) is 5.10 Å². The zero-order chi connectivity index (χ0) is 14.8. The molecule has 0 aliphatic heterocycles. The average molecular weight is 303 g/mol. The zero-order valence-corrected chi connectivity index (χ0v) is 11.7. The van der Waals surface area contributed by atoms with Crippen LogP contribution in [0.2, 0.25) is 5.02 Å². The van der Waals surface area contributed by atoms with Crippen molar-refractivity contribution in [3.8, 4) is 11.4 Å². The Morgan fingerprint density at radius 2 is 1.71 bits per heavy atom. The van der Waals surface area contributed by atoms with Crippen LogP contribution in [-0.4, -0.2) is 15.2 Å². The van der Waals surface area contributed by atoms with Gasteiger partial charge in [0.25, 0.3) is 0 Å². The van der Waals surface area contributed by atoms with Gasteiger partial charge in [-0.25, -0.2) is 9.37 Å². The predicted molar refractivity (Wildman–Crippen MR) is 79.3 cm³/mol. The highest BCUT2D eigenvalue weighted by Gasteiger charge is 2.14. The van der Waals surface area contributed by atoms with Crippen LogP contribution in [0.3, 0.4) is 0 Å². The Labute approximate surface area is 125 Å². The molecule has 0 saturated carbocycles. The van der Waals surface area contributed by atoms with Crippen molar-refractivity contribution in [2.24, 2.45) is 5.73 Å². The number of rotatable bonds is 3. The minimum absolute atomic E-state index is 0.299. The molecule has 1 atom stereocenters. The summed E-state index contributed by atoms with van der Waals surface area (Å²) in [5.41, 5.74) is 7.75. The van der Waals surface area contributed by atoms with E-state index in [1.165, 1.54) is 12.1 Å². The van der Waals surface area contributed by atoms with Gasteiger partial charge in [0.05, 0.1) is 6.04 Å². The molecule has 6 heteroatoms. The molecule has 0 unspecified atom stereocenters. The van der Waals surface area contributed by atoms with Crippen molar-refractivity contribution in [2.75, 3.05) is 0 Å². The van der Waals surface area contributed by atoms with Crippen LogP contribution >= 0.6 is 11.6 Å². The van der Waals surface area contributed by atoms with Crippen LogP contribution in [0.4, 0.5) is 4.39 Å². The topological polar surface area (TPSA) is 67.6 Å². The van der Waals surface area contributed by atoms with Gasteiger partial charge in [0.15, 0.2) is 5.82 Å². The van der Waals surface area contributed by atoms with E-state index in [1.54, 1.807) is 24.3 Å². The molecule has 0 aliphatic rings. The fraction of sp³-hybridized carbons (Fsp3) is 0.0667. The Morgan fingerprint density at radius 1 is 1.05 bits per heavy atom. The third kappa shape index (κ3) is 2.94. The summed E-state index contributed by atoms with van der Waals surface area (Å²) >= 11 is 5.85. The Balaban J connectivity index is 1.87. The first-order valence-corrected chi connectivity index (χ1v) is 6.70. The number of nitrogens with one attached hydrogen (secondary N) is 1. The number of nitrogens with two attached hydrogens (primary N) is 1. The quantitative estimate of drug-likeness (QED) is 0.780. The van der Waals surface area contributed by atoms with Crippen LogP contribution in [0.5, 0.6) is 0 Å². The molecular weight excluding hydrogens is 291 g/mol. The number of hydrogen-bond donors (Lipinski definition) is 2. The van der Waals surface area contributed by atoms with Gasteiger partial charge in [-0.1, -0.05) is 23.7 Å². The van der Waals surface area contributed by atoms with Crippen LogP contribution < -0.4 is 5.73 Å². The van der Waals surface area contributed by atoms with Crippen LogP contribution in [0.1, 0.15) is 17.4 Å². The van der Waals surface area contributed by atoms with Crippen LogP contribution in [0.15, 0.2) is 48.5 Å². The number of H-pyrrole nitrogens is 1. The molecule has 4 nitrogen and oxygen atoms in total. The lowest BCUT2D eigenvalue weighted by molar-refractivity contribution is 0.628. The number of hydrogen-bond acceptors (Lipinski definition) is 3. The number of aromatic nitrogens is 3. The van der Waals surface area contributed by atoms with Gasteiger partial charge in [-0.05, 0) is 42.0 Å². The summed E-state index contributed by atoms with van der Waals surface area (Å²) in [6, 6.07) is 12.8. The maximum Gasteiger partial charge on any atom is 0.181 e. The van der Waals surface area contributed by atoms with Gasteiger partial charge in [-0.15, -0.1) is 0 Å². The maximum atomic E-state index is 12.9. The van der Waals surface area contributed by atoms with Crippen LogP contribution in [0, 0.1) is 5.82 Å². The lowest BCUT2D eigenvalue weighted by atomic mass is 10.1. The molecular formula is C15H12ClFN4. The van der Waals surface area contributed by atoms with E-state index in [-0.39, 0.29) is 5.82 Å². The summed E-state index contributed by atoms with van der Waals surface area (Å²) in [7, 11) is 0. The summed E-state index contributed by atoms with van der Waals surface area (Å²) in [5, 5.41) is 7.58. The first kappa shape index (κ1) is 13.7. The molecule has 0 radical (unpaired) electrons. The molecule has 1 aromatic heterocycles. The number of aromatic amines is 1. The fourth-order valence-electron chi connectivity index (χ4n) is 1.97. The predicted octanol–water partition coefficient (Wildman–Crippen LogP) is 3.31. The Kier molecular flexibility index (Phi) is 3.68. The molecule has 2 aromatic carbocycles. The molecule has 106 valence electrons. The molecule has 3 aromatic rings. The van der Waals surface area contributed by atoms with Crippen LogP contribution in [0.25, 0.3) is 11.4 Å². The lowest BCUT2D eigenvalue weighted by Gasteiger charge is -2.08. The minimum Gasteiger partial charge on any atom is -0.318 e. The largest absolute Gasteiger partial charge is 0.318 e. The fourth-order valence-corrected chi connectivity index (χ4v) is 2.10. The molecule has 3 rings (SSSR count). The SMILES string of the molecule is N[C@@H](c1ccc(Cl)cc1)c1nc(-c2ccc(F)cc2)n[nH]1. The van der Waals surface area contributed by atoms with Gasteiger partial charge in [0.1, 0.15) is 11.6 Å². The van der Waals surface area contributed by atoms with E-state index >= 15 is 0 Å². The molecule has 21 heavy (non-hydrogen) atoms. The molecule has 0 spiro atoms. The van der Waals surface area contributed by atoms with Crippen molar-refractivity contribution in [1.29, 1.82) is 0 Å². The normalized spacial score (nSPS) is 12.3. The maximum absolute atomic E-state index is 12.9. The van der Waals surface area contributed by atoms with Crippen LogP contribution in [-0.2, 0) is 0 Å². The minimum atomic E-state index is -0.427. The Bertz CT molecular complexity index is 737. The second kappa shape index (κ2) is 5.63. The van der Waals surface area contributed by atoms with E-state index in [4.69, 9.17) is 17.3 Å². The number of benzene rings is 2. The van der Waals surface area contributed by atoms with E-state index in [0.717, 1.165) is 11.1 Å². The second-order valence-electron chi connectivity index (χ2n) is 4.58. The smallest absolute Gasteiger partial charge is 0.181 e. The molecule has 0 aliphatic carbocycles. The third-order valence-corrected chi connectivity index (χ3v) is 3.38. The molecule has 0 saturated heterocycles. The van der Waals surface area contributed by atoms with E-state index in [0.29, 0.717) is 16.7 Å². The monoisotopic (exact) mass is 302 g/mol. The first-order chi connectivity index (χ1) is 10.1. The summed E-state index contributed by atoms with van der Waals surface area (Å²) in [6.07, 6.45) is 0. The van der Waals surface area contributed by atoms with Crippen molar-refractivity contribution >= 4 is 11.6 Å². The van der Waals surface area contributed by atoms with Crippen molar-refractivity contribution < 1.29 is 4.39 Å². The standard InChI is InChI=1S/C15H12ClFN4/c16-11-5-1-9(2-6-11)13(18)15-19-14(20-21-15)10-3-7-12(17)8-4-10/h1-8,13H,18H2,(H,19,20,21)/t13-/m0/s1. The second-order valence-corrected chi connectivity index (χ2v) is 5.02. The van der Waals surface area contributed by atoms with E-state index < -0.39 is 6.04 Å². The van der Waals surface area contributed by atoms with E-state index in [1.807, 2.05) is 12.1 Å². The molecule has 3 N–H and O–H groups in total. The molecule has 0 bridgehead atoms. The summed E-state index contributed by atoms with van der Waals surface area (Å²) < 4.78 is 12.9. The van der Waals surface area contributed by atoms with Gasteiger partial charge < -0.3 is 5.73 Å². The highest BCUT2D eigenvalue weighted by Crippen LogP contribution is 2.21. The van der Waals surface area contributed by atoms with Gasteiger partial charge >= 0.3 is 0 Å². The van der Waals surface area contributed by atoms with Crippen molar-refractivity contribution in [3.63, 3.8) is 0 Å². The third-order valence-electron chi connectivity index (χ3n) is 3.13. The van der Waals surface area contributed by atoms with Gasteiger partial charge in [-0.2, -0.15) is 5.10 Å². The number of nitrogens with zero attached hydrogens (tertiary/aromatic N) is 2. The molecule has 1 heterocycles. The van der Waals surface area contributed by atoms with E-state index in [2.05, 4.69) is 15.2 Å². The highest BCUT2D eigenvalue weighted by atomic mass is 35.5. The van der Waals surface area contributed by atoms with Crippen molar-refractivity contribution in [2.45, 2.75) is 6.04 Å². The van der Waals surface area contributed by atoms with E-state index in [9.17, 15) is 4.39 Å². The first-order valence-electron chi connectivity index (χ1n) is 6.33. The van der Waals surface area contributed by atoms with Crippen molar-refractivity contribution in [3.05, 3.63) is 70.8 Å². The summed E-state index contributed by atoms with van der Waals surface area (Å²) in [6.45, 7) is 0. The number of halogens is 2. The molecule has 0 amide bonds. The zero-order valence-electron chi connectivity index (χ0n) is 10.9. The Hall–Kier alpha value is -2.24. The van der Waals surface area contributed by atoms with Gasteiger partial charge in [0, 0.05) is 10.6 Å². The Morgan fingerprint density at radius 3 is 2.38 bits per heavy atom. The average Bonchev–Trinajstić information content (AvgIpc) is 2.98. The summed E-state index contributed by atoms with van der Waals surface area (Å²) in [5.74, 6) is 0.721. The van der Waals surface area contributed by atoms with Crippen molar-refractivity contribution in [1.82, 2.24) is 15.2 Å². The summed E-state index contributed by atoms with van der Waals surface area (Å²) in [4.78, 5) is 4.36. The molecule has 0 fully saturated rings.